The van der Waals surface area contributed by atoms with Crippen molar-refractivity contribution in [3.63, 3.8) is 0 Å². The maximum Gasteiger partial charge on any atom is 0.261 e. The average molecular weight is 237 g/mol. The number of nitrogens with zero attached hydrogens (tertiary/aromatic N) is 1. The van der Waals surface area contributed by atoms with E-state index in [1.54, 1.807) is 12.1 Å². The van der Waals surface area contributed by atoms with Crippen LogP contribution in [0.4, 0.5) is 0 Å². The van der Waals surface area contributed by atoms with Crippen LogP contribution in [0.3, 0.4) is 0 Å². The highest BCUT2D eigenvalue weighted by Gasteiger charge is 2.07. The first-order valence-electron chi connectivity index (χ1n) is 5.71. The number of benzene rings is 2. The molecule has 18 heavy (non-hydrogen) atoms. The molecule has 0 aliphatic heterocycles. The second-order valence-electron chi connectivity index (χ2n) is 4.26. The van der Waals surface area contributed by atoms with Gasteiger partial charge in [-0.05, 0) is 22.9 Å². The van der Waals surface area contributed by atoms with E-state index < -0.39 is 0 Å². The van der Waals surface area contributed by atoms with Crippen LogP contribution in [0.15, 0.2) is 58.1 Å². The van der Waals surface area contributed by atoms with Gasteiger partial charge < -0.3 is 0 Å². The van der Waals surface area contributed by atoms with Crippen LogP contribution in [0.5, 0.6) is 0 Å². The Hall–Kier alpha value is -2.42. The fourth-order valence-corrected chi connectivity index (χ4v) is 2.26. The van der Waals surface area contributed by atoms with Gasteiger partial charge in [-0.3, -0.25) is 14.2 Å². The summed E-state index contributed by atoms with van der Waals surface area (Å²) in [6.07, 6.45) is 0. The normalized spacial score (nSPS) is 10.9. The highest BCUT2D eigenvalue weighted by Crippen LogP contribution is 2.18. The summed E-state index contributed by atoms with van der Waals surface area (Å²) in [5, 5.41) is 2.77. The lowest BCUT2D eigenvalue weighted by Crippen LogP contribution is -2.26. The van der Waals surface area contributed by atoms with Gasteiger partial charge in [0.05, 0.1) is 0 Å². The molecule has 0 unspecified atom stereocenters. The first kappa shape index (κ1) is 10.7. The van der Waals surface area contributed by atoms with Crippen molar-refractivity contribution in [3.05, 3.63) is 69.2 Å². The third kappa shape index (κ3) is 1.37. The zero-order valence-corrected chi connectivity index (χ0v) is 9.88. The van der Waals surface area contributed by atoms with Gasteiger partial charge in [-0.2, -0.15) is 0 Å². The van der Waals surface area contributed by atoms with E-state index in [9.17, 15) is 9.59 Å². The van der Waals surface area contributed by atoms with Crippen molar-refractivity contribution in [3.8, 4) is 0 Å². The Balaban J connectivity index is 2.86. The van der Waals surface area contributed by atoms with Gasteiger partial charge in [-0.15, -0.1) is 0 Å². The van der Waals surface area contributed by atoms with Crippen molar-refractivity contribution >= 4 is 21.5 Å². The van der Waals surface area contributed by atoms with E-state index in [1.165, 1.54) is 11.6 Å². The topological polar surface area (TPSA) is 39.1 Å². The lowest BCUT2D eigenvalue weighted by Gasteiger charge is -1.94. The van der Waals surface area contributed by atoms with E-state index in [0.29, 0.717) is 10.8 Å². The van der Waals surface area contributed by atoms with Gasteiger partial charge >= 0.3 is 0 Å². The molecule has 0 bridgehead atoms. The molecule has 2 aromatic carbocycles. The van der Waals surface area contributed by atoms with Crippen molar-refractivity contribution in [1.29, 1.82) is 0 Å². The molecule has 0 amide bonds. The standard InChI is InChI=1S/C15H11NO2/c1-16-14(17)12-8-4-2-6-10(12)11-7-3-5-9-13(11)15(16)18/h2-9H,1H3. The van der Waals surface area contributed by atoms with Gasteiger partial charge in [0.2, 0.25) is 0 Å². The van der Waals surface area contributed by atoms with E-state index in [0.717, 1.165) is 10.8 Å². The van der Waals surface area contributed by atoms with Gasteiger partial charge in [0.15, 0.2) is 0 Å². The molecule has 0 fully saturated rings. The van der Waals surface area contributed by atoms with Crippen LogP contribution in [0.25, 0.3) is 21.5 Å². The van der Waals surface area contributed by atoms with E-state index in [1.807, 2.05) is 36.4 Å². The molecule has 3 heteroatoms. The summed E-state index contributed by atoms with van der Waals surface area (Å²) in [5.74, 6) is 0. The Morgan fingerprint density at radius 2 is 1.00 bits per heavy atom. The molecule has 0 spiro atoms. The summed E-state index contributed by atoms with van der Waals surface area (Å²) >= 11 is 0. The third-order valence-electron chi connectivity index (χ3n) is 3.21. The zero-order chi connectivity index (χ0) is 12.7. The van der Waals surface area contributed by atoms with Crippen molar-refractivity contribution in [2.45, 2.75) is 0 Å². The van der Waals surface area contributed by atoms with Gasteiger partial charge in [0.25, 0.3) is 11.1 Å². The first-order valence-corrected chi connectivity index (χ1v) is 5.71. The van der Waals surface area contributed by atoms with Crippen LogP contribution >= 0.6 is 0 Å². The molecule has 0 saturated heterocycles. The van der Waals surface area contributed by atoms with Gasteiger partial charge in [0, 0.05) is 17.8 Å². The smallest absolute Gasteiger partial charge is 0.261 e. The molecule has 1 aromatic heterocycles. The highest BCUT2D eigenvalue weighted by molar-refractivity contribution is 6.05. The van der Waals surface area contributed by atoms with Crippen molar-refractivity contribution in [1.82, 2.24) is 4.57 Å². The maximum absolute atomic E-state index is 12.2. The van der Waals surface area contributed by atoms with Crippen molar-refractivity contribution in [2.75, 3.05) is 0 Å². The van der Waals surface area contributed by atoms with E-state index in [2.05, 4.69) is 0 Å². The number of hydrogen-bond donors (Lipinski definition) is 0. The summed E-state index contributed by atoms with van der Waals surface area (Å²) < 4.78 is 1.17. The summed E-state index contributed by atoms with van der Waals surface area (Å²) in [7, 11) is 1.52. The van der Waals surface area contributed by atoms with Gasteiger partial charge in [-0.1, -0.05) is 36.4 Å². The van der Waals surface area contributed by atoms with Crippen LogP contribution in [0.1, 0.15) is 0 Å². The quantitative estimate of drug-likeness (QED) is 0.600. The van der Waals surface area contributed by atoms with Gasteiger partial charge in [-0.25, -0.2) is 0 Å². The summed E-state index contributed by atoms with van der Waals surface area (Å²) in [6, 6.07) is 14.6. The van der Waals surface area contributed by atoms with Crippen molar-refractivity contribution < 1.29 is 0 Å². The monoisotopic (exact) mass is 237 g/mol. The largest absolute Gasteiger partial charge is 0.277 e. The van der Waals surface area contributed by atoms with Crippen LogP contribution in [-0.4, -0.2) is 4.57 Å². The van der Waals surface area contributed by atoms with Crippen LogP contribution < -0.4 is 11.1 Å². The number of rotatable bonds is 0. The number of fused-ring (bicyclic) bond motifs is 3. The van der Waals surface area contributed by atoms with Crippen LogP contribution in [0.2, 0.25) is 0 Å². The molecule has 0 saturated carbocycles. The number of hydrogen-bond acceptors (Lipinski definition) is 2. The molecule has 0 atom stereocenters. The Morgan fingerprint density at radius 1 is 0.667 bits per heavy atom. The number of aromatic nitrogens is 1. The second-order valence-corrected chi connectivity index (χ2v) is 4.26. The predicted octanol–water partition coefficient (Wildman–Crippen LogP) is 2.05. The minimum Gasteiger partial charge on any atom is -0.277 e. The minimum atomic E-state index is -0.258. The SMILES string of the molecule is Cn1c(=O)c2ccccc2c2ccccc2c1=O. The van der Waals surface area contributed by atoms with Crippen LogP contribution in [-0.2, 0) is 7.05 Å². The zero-order valence-electron chi connectivity index (χ0n) is 9.88. The van der Waals surface area contributed by atoms with E-state index in [4.69, 9.17) is 0 Å². The van der Waals surface area contributed by atoms with E-state index in [-0.39, 0.29) is 11.1 Å². The average Bonchev–Trinajstić information content (AvgIpc) is 2.51. The molecule has 3 nitrogen and oxygen atoms in total. The molecular formula is C15H11NO2. The Morgan fingerprint density at radius 3 is 1.39 bits per heavy atom. The third-order valence-corrected chi connectivity index (χ3v) is 3.21. The summed E-state index contributed by atoms with van der Waals surface area (Å²) in [4.78, 5) is 24.4. The van der Waals surface area contributed by atoms with Gasteiger partial charge in [0.1, 0.15) is 0 Å². The molecule has 0 N–H and O–H groups in total. The molecule has 88 valence electrons. The van der Waals surface area contributed by atoms with E-state index >= 15 is 0 Å². The molecule has 0 aliphatic carbocycles. The van der Waals surface area contributed by atoms with Crippen LogP contribution in [0, 0.1) is 0 Å². The summed E-state index contributed by atoms with van der Waals surface area (Å²) in [6.45, 7) is 0. The second kappa shape index (κ2) is 3.81. The Kier molecular flexibility index (Phi) is 2.27. The molecule has 1 heterocycles. The lowest BCUT2D eigenvalue weighted by atomic mass is 10.1. The maximum atomic E-state index is 12.2. The fraction of sp³-hybridized carbons (Fsp3) is 0.0667. The lowest BCUT2D eigenvalue weighted by molar-refractivity contribution is 0.845. The minimum absolute atomic E-state index is 0.258. The Labute approximate surface area is 103 Å². The first-order chi connectivity index (χ1) is 8.70. The molecule has 0 aliphatic rings. The molecule has 3 aromatic rings. The summed E-state index contributed by atoms with van der Waals surface area (Å²) in [5.41, 5.74) is -0.515. The Bertz CT molecular complexity index is 806. The molecule has 0 radical (unpaired) electrons. The highest BCUT2D eigenvalue weighted by atomic mass is 16.2. The predicted molar refractivity (Wildman–Crippen MR) is 73.0 cm³/mol. The fourth-order valence-electron chi connectivity index (χ4n) is 2.26. The molecule has 3 rings (SSSR count). The molecular weight excluding hydrogens is 226 g/mol. The van der Waals surface area contributed by atoms with Crippen molar-refractivity contribution in [2.24, 2.45) is 7.05 Å².